The van der Waals surface area contributed by atoms with Crippen molar-refractivity contribution in [3.8, 4) is 0 Å². The Kier molecular flexibility index (Phi) is 46.2. The highest BCUT2D eigenvalue weighted by Crippen LogP contribution is 2.17. The van der Waals surface area contributed by atoms with Gasteiger partial charge in [0.05, 0.1) is 0 Å². The smallest absolute Gasteiger partial charge is 0.306 e. The summed E-state index contributed by atoms with van der Waals surface area (Å²) in [5.74, 6) is -0.0136. The SMILES string of the molecule is CCCCCCCCCCCCCCCCCCCC(=O)OC[C@H](COC(=O)CCCCCCCCCCC)OC(=O)CCCCCCCCCCCCCCC(C)C. The van der Waals surface area contributed by atoms with Crippen LogP contribution in [0.15, 0.2) is 0 Å². The largest absolute Gasteiger partial charge is 0.462 e. The van der Waals surface area contributed by atoms with E-state index in [2.05, 4.69) is 27.7 Å². The summed E-state index contributed by atoms with van der Waals surface area (Å²) in [5.41, 5.74) is 0. The molecule has 0 aliphatic carbocycles. The summed E-state index contributed by atoms with van der Waals surface area (Å²) in [7, 11) is 0. The number of rotatable bonds is 48. The van der Waals surface area contributed by atoms with Gasteiger partial charge in [-0.1, -0.05) is 259 Å². The van der Waals surface area contributed by atoms with Crippen LogP contribution < -0.4 is 0 Å². The molecule has 6 heteroatoms. The molecule has 0 aromatic rings. The molecule has 0 aromatic carbocycles. The first kappa shape index (κ1) is 57.4. The van der Waals surface area contributed by atoms with E-state index in [9.17, 15) is 14.4 Å². The number of hydrogen-bond acceptors (Lipinski definition) is 6. The Bertz CT molecular complexity index is 887. The molecule has 59 heavy (non-hydrogen) atoms. The van der Waals surface area contributed by atoms with E-state index in [0.717, 1.165) is 63.7 Å². The minimum atomic E-state index is -0.760. The fraction of sp³-hybridized carbons (Fsp3) is 0.943. The van der Waals surface area contributed by atoms with Crippen molar-refractivity contribution in [3.63, 3.8) is 0 Å². The third kappa shape index (κ3) is 47.3. The Balaban J connectivity index is 4.24. The summed E-state index contributed by atoms with van der Waals surface area (Å²) in [4.78, 5) is 37.9. The Labute approximate surface area is 368 Å². The average molecular weight is 835 g/mol. The second kappa shape index (κ2) is 47.5. The van der Waals surface area contributed by atoms with E-state index in [4.69, 9.17) is 14.2 Å². The lowest BCUT2D eigenvalue weighted by atomic mass is 10.0. The third-order valence-electron chi connectivity index (χ3n) is 12.0. The van der Waals surface area contributed by atoms with Crippen molar-refractivity contribution in [2.45, 2.75) is 303 Å². The van der Waals surface area contributed by atoms with Crippen molar-refractivity contribution in [3.05, 3.63) is 0 Å². The topological polar surface area (TPSA) is 78.9 Å². The Morgan fingerprint density at radius 2 is 0.559 bits per heavy atom. The zero-order valence-corrected chi connectivity index (χ0v) is 40.2. The molecule has 0 rings (SSSR count). The van der Waals surface area contributed by atoms with Crippen molar-refractivity contribution in [1.82, 2.24) is 0 Å². The van der Waals surface area contributed by atoms with E-state index in [1.54, 1.807) is 0 Å². The number of esters is 3. The number of ether oxygens (including phenoxy) is 3. The van der Waals surface area contributed by atoms with Crippen molar-refractivity contribution >= 4 is 17.9 Å². The van der Waals surface area contributed by atoms with E-state index >= 15 is 0 Å². The van der Waals surface area contributed by atoms with Gasteiger partial charge in [-0.25, -0.2) is 0 Å². The normalized spacial score (nSPS) is 11.9. The molecule has 0 bridgehead atoms. The van der Waals surface area contributed by atoms with Gasteiger partial charge in [-0.15, -0.1) is 0 Å². The van der Waals surface area contributed by atoms with Gasteiger partial charge in [-0.05, 0) is 25.2 Å². The Hall–Kier alpha value is -1.59. The van der Waals surface area contributed by atoms with Crippen LogP contribution in [0.25, 0.3) is 0 Å². The highest BCUT2D eigenvalue weighted by atomic mass is 16.6. The van der Waals surface area contributed by atoms with Crippen molar-refractivity contribution in [1.29, 1.82) is 0 Å². The standard InChI is InChI=1S/C53H102O6/c1-5-7-9-11-13-15-16-17-18-19-20-21-25-29-33-37-41-45-52(55)58-48-50(47-57-51(54)44-40-36-32-27-14-12-10-8-6-2)59-53(56)46-42-38-34-30-26-23-22-24-28-31-35-39-43-49(3)4/h49-50H,5-48H2,1-4H3/t50-/m0/s1. The van der Waals surface area contributed by atoms with Crippen LogP contribution >= 0.6 is 0 Å². The molecule has 0 saturated carbocycles. The van der Waals surface area contributed by atoms with Gasteiger partial charge in [0.15, 0.2) is 6.10 Å². The molecule has 0 saturated heterocycles. The summed E-state index contributed by atoms with van der Waals surface area (Å²) in [6.07, 6.45) is 49.5. The molecule has 0 spiro atoms. The Morgan fingerprint density at radius 1 is 0.322 bits per heavy atom. The second-order valence-electron chi connectivity index (χ2n) is 18.6. The molecule has 0 fully saturated rings. The first-order valence-electron chi connectivity index (χ1n) is 26.4. The van der Waals surface area contributed by atoms with Gasteiger partial charge in [0.25, 0.3) is 0 Å². The number of hydrogen-bond donors (Lipinski definition) is 0. The summed E-state index contributed by atoms with van der Waals surface area (Å²) in [6, 6.07) is 0. The number of unbranched alkanes of at least 4 members (excludes halogenated alkanes) is 35. The lowest BCUT2D eigenvalue weighted by Gasteiger charge is -2.18. The van der Waals surface area contributed by atoms with Crippen LogP contribution in [0.5, 0.6) is 0 Å². The molecule has 0 radical (unpaired) electrons. The van der Waals surface area contributed by atoms with Gasteiger partial charge in [0.1, 0.15) is 13.2 Å². The molecule has 0 aliphatic rings. The summed E-state index contributed by atoms with van der Waals surface area (Å²) in [6.45, 7) is 9.02. The maximum absolute atomic E-state index is 12.8. The monoisotopic (exact) mass is 835 g/mol. The van der Waals surface area contributed by atoms with Crippen LogP contribution in [0.1, 0.15) is 297 Å². The third-order valence-corrected chi connectivity index (χ3v) is 12.0. The van der Waals surface area contributed by atoms with E-state index in [0.29, 0.717) is 19.3 Å². The van der Waals surface area contributed by atoms with Crippen LogP contribution in [-0.4, -0.2) is 37.2 Å². The van der Waals surface area contributed by atoms with Crippen LogP contribution in [0, 0.1) is 5.92 Å². The quantitative estimate of drug-likeness (QED) is 0.0345. The maximum atomic E-state index is 12.8. The minimum absolute atomic E-state index is 0.0627. The highest BCUT2D eigenvalue weighted by molar-refractivity contribution is 5.71. The van der Waals surface area contributed by atoms with Gasteiger partial charge in [-0.2, -0.15) is 0 Å². The first-order chi connectivity index (χ1) is 28.9. The van der Waals surface area contributed by atoms with Crippen molar-refractivity contribution < 1.29 is 28.6 Å². The molecule has 0 unspecified atom stereocenters. The molecular formula is C53H102O6. The molecular weight excluding hydrogens is 733 g/mol. The van der Waals surface area contributed by atoms with E-state index in [1.165, 1.54) is 193 Å². The molecule has 0 N–H and O–H groups in total. The van der Waals surface area contributed by atoms with Gasteiger partial charge in [-0.3, -0.25) is 14.4 Å². The zero-order valence-electron chi connectivity index (χ0n) is 40.2. The molecule has 0 heterocycles. The van der Waals surface area contributed by atoms with Crippen LogP contribution in [0.2, 0.25) is 0 Å². The van der Waals surface area contributed by atoms with Gasteiger partial charge < -0.3 is 14.2 Å². The van der Waals surface area contributed by atoms with Crippen LogP contribution in [0.3, 0.4) is 0 Å². The molecule has 350 valence electrons. The fourth-order valence-corrected chi connectivity index (χ4v) is 8.04. The van der Waals surface area contributed by atoms with Crippen LogP contribution in [-0.2, 0) is 28.6 Å². The number of carbonyl (C=O) groups is 3. The average Bonchev–Trinajstić information content (AvgIpc) is 3.22. The summed E-state index contributed by atoms with van der Waals surface area (Å²) >= 11 is 0. The van der Waals surface area contributed by atoms with Gasteiger partial charge >= 0.3 is 17.9 Å². The molecule has 0 aromatic heterocycles. The second-order valence-corrected chi connectivity index (χ2v) is 18.6. The van der Waals surface area contributed by atoms with Crippen LogP contribution in [0.4, 0.5) is 0 Å². The predicted molar refractivity (Wildman–Crippen MR) is 252 cm³/mol. The summed E-state index contributed by atoms with van der Waals surface area (Å²) in [5, 5.41) is 0. The molecule has 6 nitrogen and oxygen atoms in total. The van der Waals surface area contributed by atoms with Gasteiger partial charge in [0.2, 0.25) is 0 Å². The Morgan fingerprint density at radius 3 is 0.831 bits per heavy atom. The summed E-state index contributed by atoms with van der Waals surface area (Å²) < 4.78 is 16.8. The number of carbonyl (C=O) groups excluding carboxylic acids is 3. The first-order valence-corrected chi connectivity index (χ1v) is 26.4. The van der Waals surface area contributed by atoms with E-state index in [-0.39, 0.29) is 31.1 Å². The molecule has 1 atom stereocenters. The molecule has 0 amide bonds. The maximum Gasteiger partial charge on any atom is 0.306 e. The predicted octanol–water partition coefficient (Wildman–Crippen LogP) is 17.1. The fourth-order valence-electron chi connectivity index (χ4n) is 8.04. The lowest BCUT2D eigenvalue weighted by molar-refractivity contribution is -0.167. The van der Waals surface area contributed by atoms with Gasteiger partial charge in [0, 0.05) is 19.3 Å². The minimum Gasteiger partial charge on any atom is -0.462 e. The zero-order chi connectivity index (χ0) is 43.1. The highest BCUT2D eigenvalue weighted by Gasteiger charge is 2.19. The van der Waals surface area contributed by atoms with E-state index in [1.807, 2.05) is 0 Å². The lowest BCUT2D eigenvalue weighted by Crippen LogP contribution is -2.30. The van der Waals surface area contributed by atoms with Crippen molar-refractivity contribution in [2.24, 2.45) is 5.92 Å². The molecule has 0 aliphatic heterocycles. The van der Waals surface area contributed by atoms with E-state index < -0.39 is 6.10 Å². The van der Waals surface area contributed by atoms with Crippen molar-refractivity contribution in [2.75, 3.05) is 13.2 Å².